The Labute approximate surface area is 138 Å². The summed E-state index contributed by atoms with van der Waals surface area (Å²) in [7, 11) is 0. The highest BCUT2D eigenvalue weighted by atomic mass is 35.5. The molecule has 3 aromatic rings. The molecule has 2 heterocycles. The summed E-state index contributed by atoms with van der Waals surface area (Å²) in [6.07, 6.45) is 0. The van der Waals surface area contributed by atoms with Crippen molar-refractivity contribution < 1.29 is 4.42 Å². The number of benzene rings is 2. The molecule has 0 amide bonds. The maximum Gasteiger partial charge on any atom is 0.206 e. The van der Waals surface area contributed by atoms with Crippen LogP contribution in [0.2, 0.25) is 5.02 Å². The first-order chi connectivity index (χ1) is 11.2. The molecule has 0 radical (unpaired) electrons. The summed E-state index contributed by atoms with van der Waals surface area (Å²) in [5, 5.41) is 3.64. The van der Waals surface area contributed by atoms with Crippen LogP contribution in [0.4, 0.5) is 5.88 Å². The predicted octanol–water partition coefficient (Wildman–Crippen LogP) is 4.43. The summed E-state index contributed by atoms with van der Waals surface area (Å²) >= 11 is 6.33. The molecule has 0 saturated heterocycles. The second kappa shape index (κ2) is 5.48. The van der Waals surface area contributed by atoms with Gasteiger partial charge in [-0.3, -0.25) is 5.32 Å². The SMILES string of the molecule is NC1=NC(c2ccccc2Cl)c2cc(-c3ccccc3)oc2N1. The molecule has 0 saturated carbocycles. The number of guanidine groups is 1. The molecular formula is C18H14ClN3O. The highest BCUT2D eigenvalue weighted by Gasteiger charge is 2.27. The van der Waals surface area contributed by atoms with Crippen LogP contribution in [-0.2, 0) is 0 Å². The molecule has 4 rings (SSSR count). The number of furan rings is 1. The first-order valence-corrected chi connectivity index (χ1v) is 7.64. The fourth-order valence-corrected chi connectivity index (χ4v) is 2.98. The van der Waals surface area contributed by atoms with E-state index in [0.29, 0.717) is 16.9 Å². The maximum absolute atomic E-state index is 6.33. The minimum Gasteiger partial charge on any atom is -0.440 e. The number of halogens is 1. The lowest BCUT2D eigenvalue weighted by Crippen LogP contribution is -2.27. The smallest absolute Gasteiger partial charge is 0.206 e. The van der Waals surface area contributed by atoms with E-state index in [1.165, 1.54) is 0 Å². The van der Waals surface area contributed by atoms with Gasteiger partial charge in [0.1, 0.15) is 11.8 Å². The molecule has 23 heavy (non-hydrogen) atoms. The molecular weight excluding hydrogens is 310 g/mol. The van der Waals surface area contributed by atoms with Crippen molar-refractivity contribution in [3.05, 3.63) is 76.8 Å². The van der Waals surface area contributed by atoms with Crippen LogP contribution in [0.15, 0.2) is 70.1 Å². The monoisotopic (exact) mass is 323 g/mol. The molecule has 0 spiro atoms. The number of hydrogen-bond acceptors (Lipinski definition) is 4. The quantitative estimate of drug-likeness (QED) is 0.733. The zero-order valence-electron chi connectivity index (χ0n) is 12.2. The van der Waals surface area contributed by atoms with Gasteiger partial charge in [-0.15, -0.1) is 0 Å². The summed E-state index contributed by atoms with van der Waals surface area (Å²) < 4.78 is 5.94. The van der Waals surface area contributed by atoms with E-state index in [9.17, 15) is 0 Å². The Bertz CT molecular complexity index is 886. The standard InChI is InChI=1S/C18H14ClN3O/c19-14-9-5-4-8-12(14)16-13-10-15(11-6-2-1-3-7-11)23-17(13)22-18(20)21-16/h1-10,16H,(H3,20,21,22). The molecule has 1 aliphatic heterocycles. The van der Waals surface area contributed by atoms with Crippen molar-refractivity contribution in [2.45, 2.75) is 6.04 Å². The van der Waals surface area contributed by atoms with Crippen LogP contribution in [0.3, 0.4) is 0 Å². The zero-order chi connectivity index (χ0) is 15.8. The van der Waals surface area contributed by atoms with Gasteiger partial charge in [0.15, 0.2) is 5.96 Å². The number of aliphatic imine (C=N–C) groups is 1. The fraction of sp³-hybridized carbons (Fsp3) is 0.0556. The normalized spacial score (nSPS) is 16.4. The average Bonchev–Trinajstić information content (AvgIpc) is 2.99. The number of anilines is 1. The highest BCUT2D eigenvalue weighted by Crippen LogP contribution is 2.41. The second-order valence-electron chi connectivity index (χ2n) is 5.32. The van der Waals surface area contributed by atoms with Gasteiger partial charge in [-0.1, -0.05) is 60.1 Å². The van der Waals surface area contributed by atoms with E-state index in [-0.39, 0.29) is 6.04 Å². The topological polar surface area (TPSA) is 63.5 Å². The van der Waals surface area contributed by atoms with Crippen molar-refractivity contribution in [2.24, 2.45) is 10.7 Å². The van der Waals surface area contributed by atoms with Crippen LogP contribution in [0, 0.1) is 0 Å². The lowest BCUT2D eigenvalue weighted by molar-refractivity contribution is 0.593. The Morgan fingerprint density at radius 2 is 1.74 bits per heavy atom. The molecule has 114 valence electrons. The van der Waals surface area contributed by atoms with Gasteiger partial charge in [0, 0.05) is 16.1 Å². The van der Waals surface area contributed by atoms with Gasteiger partial charge in [-0.2, -0.15) is 0 Å². The Hall–Kier alpha value is -2.72. The van der Waals surface area contributed by atoms with Gasteiger partial charge in [-0.25, -0.2) is 4.99 Å². The number of fused-ring (bicyclic) bond motifs is 1. The Kier molecular flexibility index (Phi) is 3.32. The van der Waals surface area contributed by atoms with Crippen LogP contribution >= 0.6 is 11.6 Å². The van der Waals surface area contributed by atoms with Gasteiger partial charge < -0.3 is 10.2 Å². The first kappa shape index (κ1) is 13.9. The molecule has 1 aromatic heterocycles. The van der Waals surface area contributed by atoms with Crippen molar-refractivity contribution in [3.63, 3.8) is 0 Å². The second-order valence-corrected chi connectivity index (χ2v) is 5.73. The average molecular weight is 324 g/mol. The molecule has 0 fully saturated rings. The summed E-state index contributed by atoms with van der Waals surface area (Å²) in [6.45, 7) is 0. The van der Waals surface area contributed by atoms with Crippen molar-refractivity contribution in [3.8, 4) is 11.3 Å². The van der Waals surface area contributed by atoms with E-state index in [2.05, 4.69) is 10.3 Å². The molecule has 5 heteroatoms. The van der Waals surface area contributed by atoms with Crippen LogP contribution in [0.5, 0.6) is 0 Å². The van der Waals surface area contributed by atoms with Crippen molar-refractivity contribution >= 4 is 23.4 Å². The Balaban J connectivity index is 1.83. The maximum atomic E-state index is 6.33. The Morgan fingerprint density at radius 1 is 1.00 bits per heavy atom. The van der Waals surface area contributed by atoms with Crippen LogP contribution in [0.25, 0.3) is 11.3 Å². The number of nitrogens with zero attached hydrogens (tertiary/aromatic N) is 1. The molecule has 0 bridgehead atoms. The number of hydrogen-bond donors (Lipinski definition) is 2. The first-order valence-electron chi connectivity index (χ1n) is 7.26. The third-order valence-electron chi connectivity index (χ3n) is 3.82. The highest BCUT2D eigenvalue weighted by molar-refractivity contribution is 6.31. The largest absolute Gasteiger partial charge is 0.440 e. The summed E-state index contributed by atoms with van der Waals surface area (Å²) in [5.74, 6) is 1.70. The third kappa shape index (κ3) is 2.47. The van der Waals surface area contributed by atoms with E-state index >= 15 is 0 Å². The Morgan fingerprint density at radius 3 is 2.52 bits per heavy atom. The third-order valence-corrected chi connectivity index (χ3v) is 4.17. The van der Waals surface area contributed by atoms with Crippen LogP contribution in [0.1, 0.15) is 17.2 Å². The van der Waals surface area contributed by atoms with Gasteiger partial charge in [0.2, 0.25) is 5.88 Å². The van der Waals surface area contributed by atoms with E-state index in [0.717, 1.165) is 22.5 Å². The minimum atomic E-state index is -0.277. The van der Waals surface area contributed by atoms with Crippen molar-refractivity contribution in [1.29, 1.82) is 0 Å². The predicted molar refractivity (Wildman–Crippen MR) is 92.7 cm³/mol. The van der Waals surface area contributed by atoms with Gasteiger partial charge in [0.25, 0.3) is 0 Å². The lowest BCUT2D eigenvalue weighted by Gasteiger charge is -2.20. The van der Waals surface area contributed by atoms with Crippen molar-refractivity contribution in [1.82, 2.24) is 0 Å². The molecule has 0 aliphatic carbocycles. The summed E-state index contributed by atoms with van der Waals surface area (Å²) in [6, 6.07) is 19.3. The number of rotatable bonds is 2. The fourth-order valence-electron chi connectivity index (χ4n) is 2.74. The van der Waals surface area contributed by atoms with Gasteiger partial charge >= 0.3 is 0 Å². The van der Waals surface area contributed by atoms with Crippen LogP contribution < -0.4 is 11.1 Å². The van der Waals surface area contributed by atoms with E-state index in [4.69, 9.17) is 21.8 Å². The van der Waals surface area contributed by atoms with E-state index in [1.807, 2.05) is 60.7 Å². The molecule has 1 unspecified atom stereocenters. The molecule has 2 aromatic carbocycles. The van der Waals surface area contributed by atoms with E-state index in [1.54, 1.807) is 0 Å². The minimum absolute atomic E-state index is 0.277. The molecule has 3 N–H and O–H groups in total. The number of nitrogens with two attached hydrogens (primary N) is 1. The summed E-state index contributed by atoms with van der Waals surface area (Å²) in [5.41, 5.74) is 8.74. The van der Waals surface area contributed by atoms with Gasteiger partial charge in [-0.05, 0) is 17.7 Å². The lowest BCUT2D eigenvalue weighted by atomic mass is 9.99. The molecule has 1 atom stereocenters. The number of nitrogens with one attached hydrogen (secondary N) is 1. The van der Waals surface area contributed by atoms with Crippen molar-refractivity contribution in [2.75, 3.05) is 5.32 Å². The molecule has 4 nitrogen and oxygen atoms in total. The zero-order valence-corrected chi connectivity index (χ0v) is 12.9. The summed E-state index contributed by atoms with van der Waals surface area (Å²) in [4.78, 5) is 4.50. The van der Waals surface area contributed by atoms with Gasteiger partial charge in [0.05, 0.1) is 0 Å². The van der Waals surface area contributed by atoms with Crippen LogP contribution in [-0.4, -0.2) is 5.96 Å². The molecule has 1 aliphatic rings. The van der Waals surface area contributed by atoms with E-state index < -0.39 is 0 Å².